The van der Waals surface area contributed by atoms with Crippen molar-refractivity contribution >= 4 is 17.7 Å². The zero-order chi connectivity index (χ0) is 29.0. The lowest BCUT2D eigenvalue weighted by Gasteiger charge is -2.35. The number of benzene rings is 1. The molecule has 1 amide bonds. The Labute approximate surface area is 235 Å². The van der Waals surface area contributed by atoms with E-state index in [0.29, 0.717) is 18.6 Å². The van der Waals surface area contributed by atoms with Crippen molar-refractivity contribution in [3.8, 4) is 0 Å². The molecule has 1 aliphatic heterocycles. The van der Waals surface area contributed by atoms with Gasteiger partial charge in [0.05, 0.1) is 12.6 Å². The monoisotopic (exact) mass is 536 g/mol. The second-order valence-electron chi connectivity index (χ2n) is 8.99. The summed E-state index contributed by atoms with van der Waals surface area (Å²) >= 11 is 6.09. The first-order valence-electron chi connectivity index (χ1n) is 14.4. The summed E-state index contributed by atoms with van der Waals surface area (Å²) in [5.74, 6) is 1.15. The number of likely N-dealkylation sites (N-methyl/N-ethyl adjacent to an activating group) is 1. The smallest absolute Gasteiger partial charge is 0.409 e. The van der Waals surface area contributed by atoms with Crippen LogP contribution in [0.25, 0.3) is 0 Å². The fraction of sp³-hybridized carbons (Fsp3) is 0.656. The molecule has 0 N–H and O–H groups in total. The van der Waals surface area contributed by atoms with Gasteiger partial charge in [-0.15, -0.1) is 0 Å². The highest BCUT2D eigenvalue weighted by atomic mass is 35.5. The van der Waals surface area contributed by atoms with Gasteiger partial charge < -0.3 is 14.5 Å². The Balaban J connectivity index is 0. The number of carbonyl (C=O) groups excluding carboxylic acids is 1. The highest BCUT2D eigenvalue weighted by Gasteiger charge is 2.25. The summed E-state index contributed by atoms with van der Waals surface area (Å²) < 4.78 is 4.90. The molecule has 4 nitrogen and oxygen atoms in total. The average molecular weight is 537 g/mol. The highest BCUT2D eigenvalue weighted by Crippen LogP contribution is 2.32. The number of halogens is 1. The molecule has 1 aliphatic rings. The Morgan fingerprint density at radius 2 is 1.76 bits per heavy atom. The van der Waals surface area contributed by atoms with Gasteiger partial charge in [0.1, 0.15) is 0 Å². The molecular formula is C32H57ClN2O2. The van der Waals surface area contributed by atoms with Crippen LogP contribution in [0.5, 0.6) is 0 Å². The lowest BCUT2D eigenvalue weighted by Crippen LogP contribution is -2.38. The molecule has 0 radical (unpaired) electrons. The van der Waals surface area contributed by atoms with E-state index in [0.717, 1.165) is 49.7 Å². The summed E-state index contributed by atoms with van der Waals surface area (Å²) in [4.78, 5) is 15.2. The number of rotatable bonds is 8. The third-order valence-corrected chi connectivity index (χ3v) is 6.72. The molecule has 1 heterocycles. The molecule has 5 heteroatoms. The quantitative estimate of drug-likeness (QED) is 0.310. The van der Waals surface area contributed by atoms with Crippen LogP contribution in [0.1, 0.15) is 105 Å². The minimum atomic E-state index is -0.149. The van der Waals surface area contributed by atoms with E-state index in [1.54, 1.807) is 4.90 Å². The van der Waals surface area contributed by atoms with Gasteiger partial charge in [0.25, 0.3) is 0 Å². The van der Waals surface area contributed by atoms with Gasteiger partial charge >= 0.3 is 6.09 Å². The molecule has 2 atom stereocenters. The van der Waals surface area contributed by atoms with Crippen LogP contribution in [-0.4, -0.2) is 48.7 Å². The molecule has 1 saturated heterocycles. The second-order valence-corrected chi connectivity index (χ2v) is 9.43. The first kappa shape index (κ1) is 37.2. The van der Waals surface area contributed by atoms with E-state index >= 15 is 0 Å². The molecule has 1 aromatic rings. The molecule has 1 aromatic carbocycles. The standard InChI is InChI=1S/C19H28ClN.C9H17NO2.2C2H6/c1-7-10-16(8-2)19(21(6)9-3)15(5)18-12-11-17(20)13-14(18)4;1-3-12-9(11)10-6-4-8(2)5-7-10;2*1-2/h9-13,15,19H,3,7-8H2,1-2,4-6H3;8H,3-7H2,1-2H3;2*1-2H3/b16-10-;;;. The Morgan fingerprint density at radius 3 is 2.19 bits per heavy atom. The molecule has 0 spiro atoms. The number of nitrogens with zero attached hydrogens (tertiary/aromatic N) is 2. The number of hydrogen-bond donors (Lipinski definition) is 0. The SMILES string of the molecule is C=CN(C)C(/C(=C\CC)CC)C(C)c1ccc(Cl)cc1C.CC.CC.CCOC(=O)N1CCC(C)CC1. The molecule has 2 rings (SSSR count). The van der Waals surface area contributed by atoms with E-state index in [1.165, 1.54) is 16.7 Å². The van der Waals surface area contributed by atoms with Crippen LogP contribution in [0.3, 0.4) is 0 Å². The first-order valence-corrected chi connectivity index (χ1v) is 14.8. The molecule has 37 heavy (non-hydrogen) atoms. The number of carbonyl (C=O) groups is 1. The number of hydrogen-bond acceptors (Lipinski definition) is 3. The van der Waals surface area contributed by atoms with Crippen LogP contribution in [0.15, 0.2) is 42.6 Å². The van der Waals surface area contributed by atoms with Crippen molar-refractivity contribution in [3.63, 3.8) is 0 Å². The van der Waals surface area contributed by atoms with E-state index in [4.69, 9.17) is 16.3 Å². The van der Waals surface area contributed by atoms with Crippen molar-refractivity contribution in [1.29, 1.82) is 0 Å². The molecule has 0 saturated carbocycles. The van der Waals surface area contributed by atoms with Crippen LogP contribution in [0, 0.1) is 12.8 Å². The van der Waals surface area contributed by atoms with Crippen LogP contribution < -0.4 is 0 Å². The lowest BCUT2D eigenvalue weighted by atomic mass is 9.84. The van der Waals surface area contributed by atoms with Gasteiger partial charge in [0.15, 0.2) is 0 Å². The summed E-state index contributed by atoms with van der Waals surface area (Å²) in [5.41, 5.74) is 4.08. The number of piperidine rings is 1. The minimum Gasteiger partial charge on any atom is -0.450 e. The maximum absolute atomic E-state index is 11.2. The molecule has 214 valence electrons. The van der Waals surface area contributed by atoms with Crippen LogP contribution in [0.4, 0.5) is 4.79 Å². The summed E-state index contributed by atoms with van der Waals surface area (Å²) in [6, 6.07) is 6.53. The lowest BCUT2D eigenvalue weighted by molar-refractivity contribution is 0.0934. The van der Waals surface area contributed by atoms with Crippen molar-refractivity contribution in [1.82, 2.24) is 9.80 Å². The van der Waals surface area contributed by atoms with E-state index in [1.807, 2.05) is 53.0 Å². The van der Waals surface area contributed by atoms with Gasteiger partial charge in [-0.25, -0.2) is 4.79 Å². The number of likely N-dealkylation sites (tertiary alicyclic amines) is 1. The number of amides is 1. The van der Waals surface area contributed by atoms with E-state index < -0.39 is 0 Å². The number of aryl methyl sites for hydroxylation is 1. The predicted molar refractivity (Wildman–Crippen MR) is 165 cm³/mol. The normalized spacial score (nSPS) is 14.9. The van der Waals surface area contributed by atoms with Crippen molar-refractivity contribution in [2.24, 2.45) is 5.92 Å². The molecule has 2 unspecified atom stereocenters. The van der Waals surface area contributed by atoms with Crippen molar-refractivity contribution in [3.05, 3.63) is 58.8 Å². The Bertz CT molecular complexity index is 770. The van der Waals surface area contributed by atoms with Gasteiger partial charge in [0.2, 0.25) is 0 Å². The Morgan fingerprint density at radius 1 is 1.19 bits per heavy atom. The number of allylic oxidation sites excluding steroid dienone is 1. The van der Waals surface area contributed by atoms with Gasteiger partial charge in [-0.3, -0.25) is 0 Å². The molecular weight excluding hydrogens is 480 g/mol. The summed E-state index contributed by atoms with van der Waals surface area (Å²) in [7, 11) is 2.11. The average Bonchev–Trinajstić information content (AvgIpc) is 2.91. The van der Waals surface area contributed by atoms with Crippen LogP contribution >= 0.6 is 11.6 Å². The Hall–Kier alpha value is -1.94. The largest absolute Gasteiger partial charge is 0.450 e. The van der Waals surface area contributed by atoms with E-state index in [9.17, 15) is 4.79 Å². The van der Waals surface area contributed by atoms with Gasteiger partial charge in [-0.1, -0.05) is 91.3 Å². The summed E-state index contributed by atoms with van der Waals surface area (Å²) in [6.07, 6.45) is 8.48. The minimum absolute atomic E-state index is 0.149. The molecule has 0 aromatic heterocycles. The summed E-state index contributed by atoms with van der Waals surface area (Å²) in [6.45, 7) is 27.1. The van der Waals surface area contributed by atoms with Crippen molar-refractivity contribution in [2.45, 2.75) is 107 Å². The molecule has 1 fully saturated rings. The molecule has 0 aliphatic carbocycles. The predicted octanol–water partition coefficient (Wildman–Crippen LogP) is 9.87. The molecule has 0 bridgehead atoms. The number of ether oxygens (including phenoxy) is 1. The highest BCUT2D eigenvalue weighted by molar-refractivity contribution is 6.30. The third kappa shape index (κ3) is 13.4. The summed E-state index contributed by atoms with van der Waals surface area (Å²) in [5, 5.41) is 0.803. The fourth-order valence-electron chi connectivity index (χ4n) is 4.51. The maximum Gasteiger partial charge on any atom is 0.409 e. The second kappa shape index (κ2) is 22.1. The first-order chi connectivity index (χ1) is 17.7. The topological polar surface area (TPSA) is 32.8 Å². The Kier molecular flexibility index (Phi) is 22.2. The maximum atomic E-state index is 11.2. The zero-order valence-electron chi connectivity index (χ0n) is 25.9. The van der Waals surface area contributed by atoms with E-state index in [-0.39, 0.29) is 6.09 Å². The van der Waals surface area contributed by atoms with Gasteiger partial charge in [0, 0.05) is 31.1 Å². The third-order valence-electron chi connectivity index (χ3n) is 6.49. The van der Waals surface area contributed by atoms with Crippen LogP contribution in [-0.2, 0) is 4.74 Å². The van der Waals surface area contributed by atoms with Crippen molar-refractivity contribution < 1.29 is 9.53 Å². The van der Waals surface area contributed by atoms with E-state index in [2.05, 4.69) is 65.3 Å². The zero-order valence-corrected chi connectivity index (χ0v) is 26.6. The van der Waals surface area contributed by atoms with Crippen LogP contribution in [0.2, 0.25) is 5.02 Å². The fourth-order valence-corrected chi connectivity index (χ4v) is 4.74. The van der Waals surface area contributed by atoms with Gasteiger partial charge in [-0.2, -0.15) is 0 Å². The van der Waals surface area contributed by atoms with Crippen molar-refractivity contribution in [2.75, 3.05) is 26.7 Å². The van der Waals surface area contributed by atoms with Gasteiger partial charge in [-0.05, 0) is 74.9 Å².